The Morgan fingerprint density at radius 1 is 1.25 bits per heavy atom. The number of hydrogen-bond acceptors (Lipinski definition) is 3. The number of carbonyl (C=O) groups excluding carboxylic acids is 3. The molecule has 0 saturated carbocycles. The van der Waals surface area contributed by atoms with Crippen LogP contribution in [0.1, 0.15) is 23.2 Å². The minimum absolute atomic E-state index is 0.0917. The van der Waals surface area contributed by atoms with Gasteiger partial charge >= 0.3 is 0 Å². The standard InChI is InChI=1S/C14H17N3O3/c1-17(2)14(20)9-3-5-10(6-4-9)15-13(19)11-7-8-12(18)16-11/h3-6,11H,7-8H2,1-2H3,(H,15,19)(H,16,18)/t11-/m1/s1. The Morgan fingerprint density at radius 3 is 2.40 bits per heavy atom. The maximum atomic E-state index is 11.9. The first-order chi connectivity index (χ1) is 9.47. The van der Waals surface area contributed by atoms with Gasteiger partial charge in [-0.1, -0.05) is 0 Å². The van der Waals surface area contributed by atoms with Crippen molar-refractivity contribution in [2.24, 2.45) is 0 Å². The summed E-state index contributed by atoms with van der Waals surface area (Å²) in [5.74, 6) is -0.425. The Bertz CT molecular complexity index is 537. The van der Waals surface area contributed by atoms with Crippen molar-refractivity contribution in [3.63, 3.8) is 0 Å². The fourth-order valence-corrected chi connectivity index (χ4v) is 1.99. The minimum Gasteiger partial charge on any atom is -0.345 e. The zero-order valence-corrected chi connectivity index (χ0v) is 11.5. The van der Waals surface area contributed by atoms with Crippen molar-refractivity contribution in [2.75, 3.05) is 19.4 Å². The van der Waals surface area contributed by atoms with E-state index in [4.69, 9.17) is 0 Å². The van der Waals surface area contributed by atoms with Crippen LogP contribution in [0.4, 0.5) is 5.69 Å². The summed E-state index contributed by atoms with van der Waals surface area (Å²) >= 11 is 0. The second-order valence-corrected chi connectivity index (χ2v) is 4.92. The fraction of sp³-hybridized carbons (Fsp3) is 0.357. The predicted octanol–water partition coefficient (Wildman–Crippen LogP) is 0.605. The third-order valence-electron chi connectivity index (χ3n) is 3.12. The smallest absolute Gasteiger partial charge is 0.253 e. The molecule has 1 aromatic rings. The molecule has 2 N–H and O–H groups in total. The average molecular weight is 275 g/mol. The highest BCUT2D eigenvalue weighted by Gasteiger charge is 2.27. The molecule has 0 aromatic heterocycles. The lowest BCUT2D eigenvalue weighted by atomic mass is 10.1. The van der Waals surface area contributed by atoms with Crippen LogP contribution in [-0.2, 0) is 9.59 Å². The number of nitrogens with one attached hydrogen (secondary N) is 2. The van der Waals surface area contributed by atoms with Gasteiger partial charge in [-0.15, -0.1) is 0 Å². The molecule has 20 heavy (non-hydrogen) atoms. The van der Waals surface area contributed by atoms with Gasteiger partial charge in [0.05, 0.1) is 0 Å². The Labute approximate surface area is 117 Å². The van der Waals surface area contributed by atoms with Gasteiger partial charge in [-0.2, -0.15) is 0 Å². The van der Waals surface area contributed by atoms with Gasteiger partial charge in [0, 0.05) is 31.8 Å². The molecular formula is C14H17N3O3. The summed E-state index contributed by atoms with van der Waals surface area (Å²) in [4.78, 5) is 36.1. The molecule has 0 aliphatic carbocycles. The first kappa shape index (κ1) is 14.0. The first-order valence-corrected chi connectivity index (χ1v) is 6.39. The van der Waals surface area contributed by atoms with Crippen molar-refractivity contribution in [2.45, 2.75) is 18.9 Å². The van der Waals surface area contributed by atoms with Crippen molar-refractivity contribution in [3.05, 3.63) is 29.8 Å². The first-order valence-electron chi connectivity index (χ1n) is 6.39. The number of amides is 3. The van der Waals surface area contributed by atoms with Gasteiger partial charge in [0.1, 0.15) is 6.04 Å². The summed E-state index contributed by atoms with van der Waals surface area (Å²) in [5, 5.41) is 5.33. The van der Waals surface area contributed by atoms with Crippen LogP contribution in [0.5, 0.6) is 0 Å². The second kappa shape index (κ2) is 5.73. The zero-order valence-electron chi connectivity index (χ0n) is 11.5. The Kier molecular flexibility index (Phi) is 4.02. The van der Waals surface area contributed by atoms with Crippen LogP contribution in [0, 0.1) is 0 Å². The maximum Gasteiger partial charge on any atom is 0.253 e. The van der Waals surface area contributed by atoms with Crippen LogP contribution >= 0.6 is 0 Å². The molecule has 1 fully saturated rings. The number of rotatable bonds is 3. The fourth-order valence-electron chi connectivity index (χ4n) is 1.99. The highest BCUT2D eigenvalue weighted by Crippen LogP contribution is 2.13. The van der Waals surface area contributed by atoms with Crippen molar-refractivity contribution in [1.82, 2.24) is 10.2 Å². The van der Waals surface area contributed by atoms with Crippen LogP contribution in [0.25, 0.3) is 0 Å². The van der Waals surface area contributed by atoms with Gasteiger partial charge in [0.2, 0.25) is 11.8 Å². The van der Waals surface area contributed by atoms with E-state index in [2.05, 4.69) is 10.6 Å². The molecular weight excluding hydrogens is 258 g/mol. The van der Waals surface area contributed by atoms with E-state index in [0.717, 1.165) is 0 Å². The van der Waals surface area contributed by atoms with E-state index < -0.39 is 6.04 Å². The second-order valence-electron chi connectivity index (χ2n) is 4.92. The summed E-state index contributed by atoms with van der Waals surface area (Å²) in [6.45, 7) is 0. The third kappa shape index (κ3) is 3.14. The van der Waals surface area contributed by atoms with E-state index in [1.54, 1.807) is 38.4 Å². The van der Waals surface area contributed by atoms with Gasteiger partial charge in [-0.3, -0.25) is 14.4 Å². The molecule has 1 aliphatic rings. The molecule has 1 heterocycles. The van der Waals surface area contributed by atoms with Crippen molar-refractivity contribution in [3.8, 4) is 0 Å². The van der Waals surface area contributed by atoms with E-state index in [9.17, 15) is 14.4 Å². The Balaban J connectivity index is 1.98. The highest BCUT2D eigenvalue weighted by atomic mass is 16.2. The van der Waals surface area contributed by atoms with Gasteiger partial charge in [0.25, 0.3) is 5.91 Å². The lowest BCUT2D eigenvalue weighted by Crippen LogP contribution is -2.37. The normalized spacial score (nSPS) is 17.5. The topological polar surface area (TPSA) is 78.5 Å². The molecule has 1 aliphatic heterocycles. The molecule has 6 nitrogen and oxygen atoms in total. The largest absolute Gasteiger partial charge is 0.345 e. The zero-order chi connectivity index (χ0) is 14.7. The van der Waals surface area contributed by atoms with Gasteiger partial charge < -0.3 is 15.5 Å². The number of anilines is 1. The van der Waals surface area contributed by atoms with Crippen molar-refractivity contribution < 1.29 is 14.4 Å². The maximum absolute atomic E-state index is 11.9. The molecule has 1 saturated heterocycles. The van der Waals surface area contributed by atoms with Crippen LogP contribution in [0.2, 0.25) is 0 Å². The Hall–Kier alpha value is -2.37. The van der Waals surface area contributed by atoms with Crippen molar-refractivity contribution in [1.29, 1.82) is 0 Å². The minimum atomic E-state index is -0.467. The predicted molar refractivity (Wildman–Crippen MR) is 74.3 cm³/mol. The molecule has 106 valence electrons. The van der Waals surface area contributed by atoms with Crippen LogP contribution in [0.15, 0.2) is 24.3 Å². The molecule has 0 spiro atoms. The van der Waals surface area contributed by atoms with Crippen LogP contribution in [-0.4, -0.2) is 42.8 Å². The summed E-state index contributed by atoms with van der Waals surface area (Å²) in [7, 11) is 3.36. The highest BCUT2D eigenvalue weighted by molar-refractivity contribution is 5.99. The molecule has 0 radical (unpaired) electrons. The summed E-state index contributed by atoms with van der Waals surface area (Å²) < 4.78 is 0. The number of carbonyl (C=O) groups is 3. The summed E-state index contributed by atoms with van der Waals surface area (Å²) in [6, 6.07) is 6.19. The molecule has 0 unspecified atom stereocenters. The van der Waals surface area contributed by atoms with E-state index in [1.165, 1.54) is 4.90 Å². The molecule has 1 atom stereocenters. The van der Waals surface area contributed by atoms with Crippen molar-refractivity contribution >= 4 is 23.4 Å². The van der Waals surface area contributed by atoms with E-state index in [1.807, 2.05) is 0 Å². The van der Waals surface area contributed by atoms with E-state index in [0.29, 0.717) is 24.1 Å². The Morgan fingerprint density at radius 2 is 1.90 bits per heavy atom. The van der Waals surface area contributed by atoms with Gasteiger partial charge in [0.15, 0.2) is 0 Å². The molecule has 1 aromatic carbocycles. The van der Waals surface area contributed by atoms with Crippen LogP contribution < -0.4 is 10.6 Å². The third-order valence-corrected chi connectivity index (χ3v) is 3.12. The summed E-state index contributed by atoms with van der Waals surface area (Å²) in [5.41, 5.74) is 1.16. The average Bonchev–Trinajstić information content (AvgIpc) is 2.85. The SMILES string of the molecule is CN(C)C(=O)c1ccc(NC(=O)[C@H]2CCC(=O)N2)cc1. The number of benzene rings is 1. The van der Waals surface area contributed by atoms with E-state index in [-0.39, 0.29) is 17.7 Å². The molecule has 0 bridgehead atoms. The monoisotopic (exact) mass is 275 g/mol. The molecule has 3 amide bonds. The van der Waals surface area contributed by atoms with Crippen LogP contribution in [0.3, 0.4) is 0 Å². The summed E-state index contributed by atoms with van der Waals surface area (Å²) in [6.07, 6.45) is 0.899. The van der Waals surface area contributed by atoms with Gasteiger partial charge in [-0.05, 0) is 30.7 Å². The lowest BCUT2D eigenvalue weighted by molar-refractivity contribution is -0.122. The molecule has 6 heteroatoms. The quantitative estimate of drug-likeness (QED) is 0.848. The number of hydrogen-bond donors (Lipinski definition) is 2. The van der Waals surface area contributed by atoms with Gasteiger partial charge in [-0.25, -0.2) is 0 Å². The molecule has 2 rings (SSSR count). The lowest BCUT2D eigenvalue weighted by Gasteiger charge is -2.12. The number of nitrogens with zero attached hydrogens (tertiary/aromatic N) is 1. The van der Waals surface area contributed by atoms with E-state index >= 15 is 0 Å².